The van der Waals surface area contributed by atoms with Crippen molar-refractivity contribution in [1.82, 2.24) is 20.2 Å². The number of benzene rings is 1. The van der Waals surface area contributed by atoms with Crippen LogP contribution in [0.2, 0.25) is 0 Å². The van der Waals surface area contributed by atoms with Gasteiger partial charge in [-0.25, -0.2) is 9.97 Å². The van der Waals surface area contributed by atoms with Gasteiger partial charge < -0.3 is 15.4 Å². The molecule has 9 heteroatoms. The van der Waals surface area contributed by atoms with Gasteiger partial charge in [-0.1, -0.05) is 5.10 Å². The van der Waals surface area contributed by atoms with Crippen molar-refractivity contribution in [2.45, 2.75) is 19.4 Å². The first-order valence-corrected chi connectivity index (χ1v) is 9.40. The molecule has 0 amide bonds. The number of hydrogen-bond donors (Lipinski definition) is 1. The van der Waals surface area contributed by atoms with E-state index in [1.807, 2.05) is 0 Å². The minimum absolute atomic E-state index is 0.376. The maximum Gasteiger partial charge on any atom is 0.301 e. The first-order chi connectivity index (χ1) is 13.3. The Labute approximate surface area is 160 Å². The minimum Gasteiger partial charge on any atom is -0.429 e. The van der Waals surface area contributed by atoms with Crippen LogP contribution in [0, 0.1) is 11.3 Å². The first-order valence-electron chi connectivity index (χ1n) is 8.58. The number of anilines is 1. The van der Waals surface area contributed by atoms with Gasteiger partial charge in [-0.15, -0.1) is 5.10 Å². The van der Waals surface area contributed by atoms with E-state index in [0.29, 0.717) is 34.4 Å². The van der Waals surface area contributed by atoms with E-state index in [0.717, 1.165) is 23.8 Å². The normalized spacial score (nSPS) is 13.6. The zero-order valence-electron chi connectivity index (χ0n) is 14.5. The molecule has 1 aliphatic heterocycles. The van der Waals surface area contributed by atoms with Gasteiger partial charge in [0.25, 0.3) is 0 Å². The maximum atomic E-state index is 9.22. The van der Waals surface area contributed by atoms with Crippen LogP contribution in [0.25, 0.3) is 11.4 Å². The predicted molar refractivity (Wildman–Crippen MR) is 102 cm³/mol. The zero-order chi connectivity index (χ0) is 18.6. The van der Waals surface area contributed by atoms with E-state index in [-0.39, 0.29) is 0 Å². The average molecular weight is 379 g/mol. The van der Waals surface area contributed by atoms with E-state index >= 15 is 0 Å². The van der Waals surface area contributed by atoms with Gasteiger partial charge in [-0.2, -0.15) is 5.26 Å². The van der Waals surface area contributed by atoms with E-state index in [1.54, 1.807) is 30.6 Å². The number of rotatable bonds is 5. The summed E-state index contributed by atoms with van der Waals surface area (Å²) in [7, 11) is 0. The lowest BCUT2D eigenvalue weighted by molar-refractivity contribution is 0.474. The molecule has 8 nitrogen and oxygen atoms in total. The Balaban J connectivity index is 1.65. The molecule has 0 unspecified atom stereocenters. The van der Waals surface area contributed by atoms with Crippen molar-refractivity contribution in [3.63, 3.8) is 0 Å². The van der Waals surface area contributed by atoms with Crippen LogP contribution in [0.15, 0.2) is 30.6 Å². The van der Waals surface area contributed by atoms with Crippen molar-refractivity contribution in [2.75, 3.05) is 18.0 Å². The Hall–Kier alpha value is -3.09. The zero-order valence-corrected chi connectivity index (χ0v) is 15.3. The summed E-state index contributed by atoms with van der Waals surface area (Å²) in [6.07, 6.45) is 5.70. The molecule has 3 heterocycles. The van der Waals surface area contributed by atoms with Crippen molar-refractivity contribution in [3.8, 4) is 28.4 Å². The summed E-state index contributed by atoms with van der Waals surface area (Å²) < 4.78 is 5.97. The Morgan fingerprint density at radius 2 is 1.96 bits per heavy atom. The van der Waals surface area contributed by atoms with Crippen LogP contribution in [-0.2, 0) is 6.54 Å². The number of nitrogens with zero attached hydrogens (tertiary/aromatic N) is 6. The van der Waals surface area contributed by atoms with Crippen LogP contribution < -0.4 is 15.4 Å². The molecule has 0 saturated carbocycles. The van der Waals surface area contributed by atoms with Gasteiger partial charge in [-0.3, -0.25) is 0 Å². The van der Waals surface area contributed by atoms with E-state index in [2.05, 4.69) is 31.1 Å². The smallest absolute Gasteiger partial charge is 0.301 e. The molecule has 4 rings (SSSR count). The second kappa shape index (κ2) is 7.65. The van der Waals surface area contributed by atoms with Gasteiger partial charge in [0.15, 0.2) is 5.82 Å². The van der Waals surface area contributed by atoms with Crippen LogP contribution in [0.1, 0.15) is 24.0 Å². The van der Waals surface area contributed by atoms with Crippen LogP contribution >= 0.6 is 11.3 Å². The third-order valence-electron chi connectivity index (χ3n) is 4.26. The summed E-state index contributed by atoms with van der Waals surface area (Å²) in [6, 6.07) is 7.26. The van der Waals surface area contributed by atoms with Gasteiger partial charge in [0.1, 0.15) is 5.75 Å². The number of nitrogens with two attached hydrogens (primary N) is 1. The first kappa shape index (κ1) is 17.3. The largest absolute Gasteiger partial charge is 0.429 e. The summed E-state index contributed by atoms with van der Waals surface area (Å²) >= 11 is 1.39. The van der Waals surface area contributed by atoms with Crippen molar-refractivity contribution in [1.29, 1.82) is 5.26 Å². The number of nitriles is 1. The SMILES string of the molecule is N#Cc1ccc(-c2ncc(CN)cn2)c(Oc2nnc(N3CCCC3)s2)c1. The van der Waals surface area contributed by atoms with E-state index in [4.69, 9.17) is 10.5 Å². The van der Waals surface area contributed by atoms with Gasteiger partial charge in [-0.05, 0) is 42.4 Å². The monoisotopic (exact) mass is 379 g/mol. The standard InChI is InChI=1S/C18H17N7OS/c19-8-12-3-4-14(16-21-10-13(9-20)11-22-16)15(7-12)26-18-24-23-17(27-18)25-5-1-2-6-25/h3-4,7,10-11H,1-2,5-6,9,20H2. The molecular formula is C18H17N7OS. The lowest BCUT2D eigenvalue weighted by Crippen LogP contribution is -2.17. The fraction of sp³-hybridized carbons (Fsp3) is 0.278. The summed E-state index contributed by atoms with van der Waals surface area (Å²) in [4.78, 5) is 10.9. The van der Waals surface area contributed by atoms with Gasteiger partial charge in [0.05, 0.1) is 17.2 Å². The van der Waals surface area contributed by atoms with Crippen molar-refractivity contribution in [3.05, 3.63) is 41.7 Å². The Kier molecular flexibility index (Phi) is 4.91. The van der Waals surface area contributed by atoms with E-state index in [1.165, 1.54) is 24.2 Å². The second-order valence-corrected chi connectivity index (χ2v) is 7.01. The van der Waals surface area contributed by atoms with Crippen molar-refractivity contribution >= 4 is 16.5 Å². The summed E-state index contributed by atoms with van der Waals surface area (Å²) in [5.41, 5.74) is 7.61. The molecule has 0 bridgehead atoms. The van der Waals surface area contributed by atoms with Crippen LogP contribution in [-0.4, -0.2) is 33.3 Å². The summed E-state index contributed by atoms with van der Waals surface area (Å²) in [5.74, 6) is 0.967. The molecule has 0 aliphatic carbocycles. The quantitative estimate of drug-likeness (QED) is 0.720. The molecule has 1 aromatic carbocycles. The summed E-state index contributed by atoms with van der Waals surface area (Å²) in [6.45, 7) is 2.36. The molecule has 2 N–H and O–H groups in total. The predicted octanol–water partition coefficient (Wildman–Crippen LogP) is 2.72. The highest BCUT2D eigenvalue weighted by atomic mass is 32.1. The molecule has 2 aromatic heterocycles. The van der Waals surface area contributed by atoms with Crippen LogP contribution in [0.4, 0.5) is 5.13 Å². The minimum atomic E-state index is 0.376. The highest BCUT2D eigenvalue weighted by molar-refractivity contribution is 7.17. The Morgan fingerprint density at radius 3 is 2.67 bits per heavy atom. The number of ether oxygens (including phenoxy) is 1. The van der Waals surface area contributed by atoms with Crippen molar-refractivity contribution in [2.24, 2.45) is 5.73 Å². The molecule has 0 radical (unpaired) electrons. The fourth-order valence-electron chi connectivity index (χ4n) is 2.83. The highest BCUT2D eigenvalue weighted by Gasteiger charge is 2.19. The van der Waals surface area contributed by atoms with E-state index in [9.17, 15) is 5.26 Å². The number of aromatic nitrogens is 4. The van der Waals surface area contributed by atoms with Gasteiger partial charge >= 0.3 is 5.19 Å². The van der Waals surface area contributed by atoms with E-state index < -0.39 is 0 Å². The van der Waals surface area contributed by atoms with Gasteiger partial charge in [0, 0.05) is 37.6 Å². The fourth-order valence-corrected chi connectivity index (χ4v) is 3.60. The molecular weight excluding hydrogens is 362 g/mol. The third kappa shape index (κ3) is 3.72. The maximum absolute atomic E-state index is 9.22. The molecule has 136 valence electrons. The number of hydrogen-bond acceptors (Lipinski definition) is 9. The Bertz CT molecular complexity index is 974. The summed E-state index contributed by atoms with van der Waals surface area (Å²) in [5, 5.41) is 18.9. The highest BCUT2D eigenvalue weighted by Crippen LogP contribution is 2.36. The lowest BCUT2D eigenvalue weighted by Gasteiger charge is -2.11. The second-order valence-electron chi connectivity index (χ2n) is 6.09. The third-order valence-corrected chi connectivity index (χ3v) is 5.12. The van der Waals surface area contributed by atoms with Crippen molar-refractivity contribution < 1.29 is 4.74 Å². The molecule has 0 atom stereocenters. The van der Waals surface area contributed by atoms with Crippen LogP contribution in [0.3, 0.4) is 0 Å². The van der Waals surface area contributed by atoms with Crippen LogP contribution in [0.5, 0.6) is 10.9 Å². The molecule has 1 fully saturated rings. The molecule has 27 heavy (non-hydrogen) atoms. The Morgan fingerprint density at radius 1 is 1.19 bits per heavy atom. The topological polar surface area (TPSA) is 114 Å². The lowest BCUT2D eigenvalue weighted by atomic mass is 10.1. The molecule has 1 aliphatic rings. The molecule has 0 spiro atoms. The molecule has 1 saturated heterocycles. The van der Waals surface area contributed by atoms with Gasteiger partial charge in [0.2, 0.25) is 5.13 Å². The molecule has 3 aromatic rings. The average Bonchev–Trinajstić information content (AvgIpc) is 3.40.